The summed E-state index contributed by atoms with van der Waals surface area (Å²) in [7, 11) is 1.96. The fourth-order valence-corrected chi connectivity index (χ4v) is 1.83. The molecular weight excluding hydrogens is 226 g/mol. The molecule has 1 aromatic heterocycles. The number of nitrogens with one attached hydrogen (secondary N) is 1. The molecule has 96 valence electrons. The fraction of sp³-hybridized carbons (Fsp3) is 0.357. The summed E-state index contributed by atoms with van der Waals surface area (Å²) >= 11 is 0. The molecule has 4 nitrogen and oxygen atoms in total. The first-order valence-corrected chi connectivity index (χ1v) is 6.01. The molecule has 0 bridgehead atoms. The lowest BCUT2D eigenvalue weighted by atomic mass is 9.92. The zero-order valence-electron chi connectivity index (χ0n) is 11.0. The number of hydrogen-bond donors (Lipinski definition) is 2. The summed E-state index contributed by atoms with van der Waals surface area (Å²) in [4.78, 5) is 12.1. The number of carbonyl (C=O) groups is 1. The van der Waals surface area contributed by atoms with Crippen LogP contribution in [-0.4, -0.2) is 17.0 Å². The van der Waals surface area contributed by atoms with Crippen molar-refractivity contribution in [3.63, 3.8) is 0 Å². The predicted molar refractivity (Wildman–Crippen MR) is 74.4 cm³/mol. The Morgan fingerprint density at radius 2 is 2.06 bits per heavy atom. The van der Waals surface area contributed by atoms with Crippen molar-refractivity contribution in [3.05, 3.63) is 30.5 Å². The number of nitrogens with two attached hydrogens (primary N) is 1. The van der Waals surface area contributed by atoms with E-state index in [-0.39, 0.29) is 5.91 Å². The van der Waals surface area contributed by atoms with Gasteiger partial charge < -0.3 is 15.6 Å². The zero-order chi connectivity index (χ0) is 13.3. The number of fused-ring (bicyclic) bond motifs is 1. The van der Waals surface area contributed by atoms with Gasteiger partial charge in [0.05, 0.1) is 11.1 Å². The number of anilines is 1. The fourth-order valence-electron chi connectivity index (χ4n) is 1.83. The SMILES string of the molecule is Cn1cc(NC(=O)C(C)(C)CN)c2ccccc21. The van der Waals surface area contributed by atoms with Gasteiger partial charge in [-0.25, -0.2) is 0 Å². The minimum Gasteiger partial charge on any atom is -0.348 e. The lowest BCUT2D eigenvalue weighted by Crippen LogP contribution is -2.37. The van der Waals surface area contributed by atoms with Gasteiger partial charge in [-0.1, -0.05) is 18.2 Å². The van der Waals surface area contributed by atoms with Crippen LogP contribution in [0.3, 0.4) is 0 Å². The van der Waals surface area contributed by atoms with Crippen LogP contribution in [0.1, 0.15) is 13.8 Å². The van der Waals surface area contributed by atoms with E-state index in [0.29, 0.717) is 6.54 Å². The van der Waals surface area contributed by atoms with E-state index in [9.17, 15) is 4.79 Å². The second kappa shape index (κ2) is 4.46. The highest BCUT2D eigenvalue weighted by molar-refractivity contribution is 6.03. The molecule has 1 aromatic carbocycles. The van der Waals surface area contributed by atoms with E-state index in [2.05, 4.69) is 5.32 Å². The highest BCUT2D eigenvalue weighted by Crippen LogP contribution is 2.26. The number of hydrogen-bond acceptors (Lipinski definition) is 2. The van der Waals surface area contributed by atoms with Gasteiger partial charge in [0.15, 0.2) is 0 Å². The molecule has 1 amide bonds. The Morgan fingerprint density at radius 1 is 1.39 bits per heavy atom. The smallest absolute Gasteiger partial charge is 0.231 e. The number of nitrogens with zero attached hydrogens (tertiary/aromatic N) is 1. The molecule has 0 aliphatic carbocycles. The second-order valence-corrected chi connectivity index (χ2v) is 5.21. The van der Waals surface area contributed by atoms with E-state index < -0.39 is 5.41 Å². The van der Waals surface area contributed by atoms with Crippen LogP contribution in [-0.2, 0) is 11.8 Å². The van der Waals surface area contributed by atoms with Crippen molar-refractivity contribution in [2.75, 3.05) is 11.9 Å². The number of rotatable bonds is 3. The van der Waals surface area contributed by atoms with E-state index in [1.54, 1.807) is 0 Å². The summed E-state index contributed by atoms with van der Waals surface area (Å²) in [5.74, 6) is -0.0543. The Bertz CT molecular complexity index is 584. The molecule has 3 N–H and O–H groups in total. The van der Waals surface area contributed by atoms with Crippen molar-refractivity contribution >= 4 is 22.5 Å². The van der Waals surface area contributed by atoms with Crippen LogP contribution in [0, 0.1) is 5.41 Å². The Labute approximate surface area is 107 Å². The molecule has 0 atom stereocenters. The molecule has 0 aliphatic rings. The van der Waals surface area contributed by atoms with Crippen LogP contribution in [0.2, 0.25) is 0 Å². The summed E-state index contributed by atoms with van der Waals surface area (Å²) in [6, 6.07) is 7.98. The predicted octanol–water partition coefficient (Wildman–Crippen LogP) is 2.10. The third kappa shape index (κ3) is 2.11. The standard InChI is InChI=1S/C14H19N3O/c1-14(2,9-15)13(18)16-11-8-17(3)12-7-5-4-6-10(11)12/h4-8H,9,15H2,1-3H3,(H,16,18). The second-order valence-electron chi connectivity index (χ2n) is 5.21. The van der Waals surface area contributed by atoms with Crippen LogP contribution in [0.15, 0.2) is 30.5 Å². The van der Waals surface area contributed by atoms with E-state index >= 15 is 0 Å². The first kappa shape index (κ1) is 12.6. The minimum absolute atomic E-state index is 0.0543. The van der Waals surface area contributed by atoms with Gasteiger partial charge in [-0.2, -0.15) is 0 Å². The normalized spacial score (nSPS) is 11.8. The molecule has 18 heavy (non-hydrogen) atoms. The highest BCUT2D eigenvalue weighted by Gasteiger charge is 2.26. The number of aromatic nitrogens is 1. The first-order valence-electron chi connectivity index (χ1n) is 6.01. The first-order chi connectivity index (χ1) is 8.45. The molecule has 0 spiro atoms. The van der Waals surface area contributed by atoms with Gasteiger partial charge in [-0.15, -0.1) is 0 Å². The van der Waals surface area contributed by atoms with Crippen molar-refractivity contribution in [3.8, 4) is 0 Å². The molecule has 4 heteroatoms. The van der Waals surface area contributed by atoms with Crippen molar-refractivity contribution in [2.24, 2.45) is 18.2 Å². The molecule has 2 aromatic rings. The summed E-state index contributed by atoms with van der Waals surface area (Å²) in [6.45, 7) is 4.00. The summed E-state index contributed by atoms with van der Waals surface area (Å²) in [6.07, 6.45) is 1.93. The topological polar surface area (TPSA) is 60.0 Å². The van der Waals surface area contributed by atoms with Gasteiger partial charge in [-0.3, -0.25) is 4.79 Å². The molecule has 0 fully saturated rings. The molecule has 0 radical (unpaired) electrons. The van der Waals surface area contributed by atoms with Gasteiger partial charge in [0.25, 0.3) is 0 Å². The van der Waals surface area contributed by atoms with Crippen molar-refractivity contribution in [1.29, 1.82) is 0 Å². The summed E-state index contributed by atoms with van der Waals surface area (Å²) < 4.78 is 2.00. The lowest BCUT2D eigenvalue weighted by Gasteiger charge is -2.20. The van der Waals surface area contributed by atoms with Crippen molar-refractivity contribution in [2.45, 2.75) is 13.8 Å². The van der Waals surface area contributed by atoms with Crippen LogP contribution in [0.5, 0.6) is 0 Å². The summed E-state index contributed by atoms with van der Waals surface area (Å²) in [5.41, 5.74) is 6.98. The average molecular weight is 245 g/mol. The highest BCUT2D eigenvalue weighted by atomic mass is 16.2. The number of benzene rings is 1. The van der Waals surface area contributed by atoms with E-state index in [1.165, 1.54) is 0 Å². The third-order valence-electron chi connectivity index (χ3n) is 3.27. The number of carbonyl (C=O) groups excluding carboxylic acids is 1. The Kier molecular flexibility index (Phi) is 3.13. The van der Waals surface area contributed by atoms with Crippen LogP contribution in [0.4, 0.5) is 5.69 Å². The Balaban J connectivity index is 2.36. The Morgan fingerprint density at radius 3 is 2.72 bits per heavy atom. The van der Waals surface area contributed by atoms with Gasteiger partial charge in [0, 0.05) is 30.7 Å². The molecular formula is C14H19N3O. The average Bonchev–Trinajstić information content (AvgIpc) is 2.67. The maximum Gasteiger partial charge on any atom is 0.231 e. The van der Waals surface area contributed by atoms with Crippen molar-refractivity contribution in [1.82, 2.24) is 4.57 Å². The maximum absolute atomic E-state index is 12.1. The van der Waals surface area contributed by atoms with Gasteiger partial charge in [0.2, 0.25) is 5.91 Å². The minimum atomic E-state index is -0.559. The molecule has 2 rings (SSSR count). The Hall–Kier alpha value is -1.81. The molecule has 0 unspecified atom stereocenters. The third-order valence-corrected chi connectivity index (χ3v) is 3.27. The number of aryl methyl sites for hydroxylation is 1. The van der Waals surface area contributed by atoms with Crippen LogP contribution in [0.25, 0.3) is 10.9 Å². The van der Waals surface area contributed by atoms with E-state index in [0.717, 1.165) is 16.6 Å². The molecule has 1 heterocycles. The number of amides is 1. The molecule has 0 saturated heterocycles. The monoisotopic (exact) mass is 245 g/mol. The quantitative estimate of drug-likeness (QED) is 0.870. The van der Waals surface area contributed by atoms with Gasteiger partial charge in [-0.05, 0) is 19.9 Å². The van der Waals surface area contributed by atoms with E-state index in [4.69, 9.17) is 5.73 Å². The van der Waals surface area contributed by atoms with Crippen LogP contribution >= 0.6 is 0 Å². The largest absolute Gasteiger partial charge is 0.348 e. The van der Waals surface area contributed by atoms with Crippen molar-refractivity contribution < 1.29 is 4.79 Å². The zero-order valence-corrected chi connectivity index (χ0v) is 11.0. The molecule has 0 aliphatic heterocycles. The number of para-hydroxylation sites is 1. The van der Waals surface area contributed by atoms with Gasteiger partial charge >= 0.3 is 0 Å². The lowest BCUT2D eigenvalue weighted by molar-refractivity contribution is -0.123. The van der Waals surface area contributed by atoms with Crippen LogP contribution < -0.4 is 11.1 Å². The van der Waals surface area contributed by atoms with E-state index in [1.807, 2.05) is 55.9 Å². The molecule has 0 saturated carbocycles. The van der Waals surface area contributed by atoms with Gasteiger partial charge in [0.1, 0.15) is 0 Å². The summed E-state index contributed by atoms with van der Waals surface area (Å²) in [5, 5.41) is 4.00. The maximum atomic E-state index is 12.1.